The molecule has 1 fully saturated rings. The molecule has 0 atom stereocenters. The lowest BCUT2D eigenvalue weighted by atomic mass is 10.2. The summed E-state index contributed by atoms with van der Waals surface area (Å²) in [6, 6.07) is 16.5. The second-order valence-corrected chi connectivity index (χ2v) is 6.26. The monoisotopic (exact) mass is 376 g/mol. The molecule has 1 amide bonds. The number of carbonyl (C=O) groups is 1. The number of carbonyl (C=O) groups excluding carboxylic acids is 1. The third-order valence-corrected chi connectivity index (χ3v) is 4.29. The van der Waals surface area contributed by atoms with E-state index >= 15 is 0 Å². The van der Waals surface area contributed by atoms with Crippen LogP contribution in [0.1, 0.15) is 10.4 Å². The molecule has 0 aliphatic carbocycles. The molecule has 0 bridgehead atoms. The van der Waals surface area contributed by atoms with Crippen molar-refractivity contribution in [1.29, 1.82) is 0 Å². The smallest absolute Gasteiger partial charge is 0.255 e. The van der Waals surface area contributed by atoms with Crippen LogP contribution in [-0.4, -0.2) is 42.2 Å². The Balaban J connectivity index is 1.36. The highest BCUT2D eigenvalue weighted by atomic mass is 16.5. The predicted molar refractivity (Wildman–Crippen MR) is 106 cm³/mol. The van der Waals surface area contributed by atoms with Gasteiger partial charge in [-0.15, -0.1) is 0 Å². The van der Waals surface area contributed by atoms with Gasteiger partial charge in [0, 0.05) is 18.7 Å². The van der Waals surface area contributed by atoms with Crippen LogP contribution in [-0.2, 0) is 4.74 Å². The van der Waals surface area contributed by atoms with E-state index in [-0.39, 0.29) is 5.91 Å². The summed E-state index contributed by atoms with van der Waals surface area (Å²) in [7, 11) is 0. The summed E-state index contributed by atoms with van der Waals surface area (Å²) in [5.41, 5.74) is 1.07. The minimum absolute atomic E-state index is 0.228. The van der Waals surface area contributed by atoms with Gasteiger partial charge in [-0.2, -0.15) is 0 Å². The molecular formula is C21H20N4O3. The van der Waals surface area contributed by atoms with Crippen molar-refractivity contribution in [1.82, 2.24) is 9.97 Å². The Morgan fingerprint density at radius 2 is 1.57 bits per heavy atom. The van der Waals surface area contributed by atoms with Crippen LogP contribution in [0.4, 0.5) is 11.6 Å². The Hall–Kier alpha value is -3.45. The minimum Gasteiger partial charge on any atom is -0.457 e. The van der Waals surface area contributed by atoms with Gasteiger partial charge in [0.15, 0.2) is 0 Å². The van der Waals surface area contributed by atoms with Crippen molar-refractivity contribution in [3.63, 3.8) is 0 Å². The largest absolute Gasteiger partial charge is 0.457 e. The van der Waals surface area contributed by atoms with E-state index in [1.807, 2.05) is 30.3 Å². The molecule has 2 heterocycles. The van der Waals surface area contributed by atoms with Crippen LogP contribution < -0.4 is 15.0 Å². The van der Waals surface area contributed by atoms with E-state index in [9.17, 15) is 4.79 Å². The summed E-state index contributed by atoms with van der Waals surface area (Å²) in [4.78, 5) is 23.2. The molecular weight excluding hydrogens is 356 g/mol. The molecule has 0 radical (unpaired) electrons. The molecule has 1 aliphatic heterocycles. The number of aromatic nitrogens is 2. The Morgan fingerprint density at radius 1 is 0.929 bits per heavy atom. The maximum Gasteiger partial charge on any atom is 0.255 e. The van der Waals surface area contributed by atoms with Gasteiger partial charge in [-0.25, -0.2) is 9.97 Å². The van der Waals surface area contributed by atoms with E-state index in [0.717, 1.165) is 18.8 Å². The van der Waals surface area contributed by atoms with E-state index in [1.54, 1.807) is 36.7 Å². The van der Waals surface area contributed by atoms with Crippen molar-refractivity contribution >= 4 is 17.5 Å². The zero-order valence-electron chi connectivity index (χ0n) is 15.2. The summed E-state index contributed by atoms with van der Waals surface area (Å²) >= 11 is 0. The number of nitrogens with one attached hydrogen (secondary N) is 1. The summed E-state index contributed by atoms with van der Waals surface area (Å²) in [6.07, 6.45) is 3.23. The van der Waals surface area contributed by atoms with Gasteiger partial charge in [0.2, 0.25) is 5.95 Å². The molecule has 4 rings (SSSR count). The van der Waals surface area contributed by atoms with Crippen LogP contribution >= 0.6 is 0 Å². The van der Waals surface area contributed by atoms with E-state index in [1.165, 1.54) is 0 Å². The number of morpholine rings is 1. The Bertz CT molecular complexity index is 909. The molecule has 3 aromatic rings. The van der Waals surface area contributed by atoms with Gasteiger partial charge < -0.3 is 19.7 Å². The molecule has 1 aromatic heterocycles. The number of nitrogens with zero attached hydrogens (tertiary/aromatic N) is 3. The van der Waals surface area contributed by atoms with Gasteiger partial charge >= 0.3 is 0 Å². The topological polar surface area (TPSA) is 76.6 Å². The Labute approximate surface area is 163 Å². The number of hydrogen-bond acceptors (Lipinski definition) is 6. The Kier molecular flexibility index (Phi) is 5.44. The summed E-state index contributed by atoms with van der Waals surface area (Å²) in [6.45, 7) is 2.88. The maximum absolute atomic E-state index is 12.4. The van der Waals surface area contributed by atoms with E-state index in [0.29, 0.717) is 36.2 Å². The summed E-state index contributed by atoms with van der Waals surface area (Å²) < 4.78 is 11.1. The predicted octanol–water partition coefficient (Wildman–Crippen LogP) is 3.36. The van der Waals surface area contributed by atoms with Gasteiger partial charge in [0.05, 0.1) is 31.3 Å². The normalized spacial score (nSPS) is 13.8. The van der Waals surface area contributed by atoms with Gasteiger partial charge in [0.1, 0.15) is 11.5 Å². The highest BCUT2D eigenvalue weighted by Crippen LogP contribution is 2.21. The van der Waals surface area contributed by atoms with E-state index in [4.69, 9.17) is 9.47 Å². The van der Waals surface area contributed by atoms with Crippen molar-refractivity contribution in [3.05, 3.63) is 72.6 Å². The third-order valence-electron chi connectivity index (χ3n) is 4.29. The molecule has 0 unspecified atom stereocenters. The fourth-order valence-corrected chi connectivity index (χ4v) is 2.81. The number of anilines is 2. The molecule has 2 aromatic carbocycles. The lowest BCUT2D eigenvalue weighted by molar-refractivity contribution is 0.102. The second kappa shape index (κ2) is 8.49. The fraction of sp³-hybridized carbons (Fsp3) is 0.190. The molecule has 142 valence electrons. The van der Waals surface area contributed by atoms with Crippen LogP contribution in [0.2, 0.25) is 0 Å². The number of amides is 1. The molecule has 28 heavy (non-hydrogen) atoms. The molecule has 7 nitrogen and oxygen atoms in total. The van der Waals surface area contributed by atoms with Gasteiger partial charge in [-0.05, 0) is 36.4 Å². The van der Waals surface area contributed by atoms with Gasteiger partial charge in [0.25, 0.3) is 5.91 Å². The number of para-hydroxylation sites is 1. The zero-order valence-corrected chi connectivity index (χ0v) is 15.2. The van der Waals surface area contributed by atoms with E-state index in [2.05, 4.69) is 20.2 Å². The lowest BCUT2D eigenvalue weighted by Crippen LogP contribution is -2.37. The average Bonchev–Trinajstić information content (AvgIpc) is 2.76. The zero-order chi connectivity index (χ0) is 19.2. The molecule has 1 aliphatic rings. The highest BCUT2D eigenvalue weighted by molar-refractivity contribution is 6.04. The fourth-order valence-electron chi connectivity index (χ4n) is 2.81. The number of ether oxygens (including phenoxy) is 2. The lowest BCUT2D eigenvalue weighted by Gasteiger charge is -2.26. The van der Waals surface area contributed by atoms with Gasteiger partial charge in [-0.3, -0.25) is 4.79 Å². The summed E-state index contributed by atoms with van der Waals surface area (Å²) in [5, 5.41) is 2.81. The van der Waals surface area contributed by atoms with Crippen molar-refractivity contribution < 1.29 is 14.3 Å². The first-order valence-corrected chi connectivity index (χ1v) is 9.07. The van der Waals surface area contributed by atoms with Crippen LogP contribution in [0.15, 0.2) is 67.0 Å². The third kappa shape index (κ3) is 4.44. The maximum atomic E-state index is 12.4. The first-order chi connectivity index (χ1) is 13.8. The van der Waals surface area contributed by atoms with Crippen LogP contribution in [0.3, 0.4) is 0 Å². The molecule has 0 spiro atoms. The number of hydrogen-bond donors (Lipinski definition) is 1. The number of benzene rings is 2. The van der Waals surface area contributed by atoms with Gasteiger partial charge in [-0.1, -0.05) is 18.2 Å². The van der Waals surface area contributed by atoms with Crippen molar-refractivity contribution in [2.75, 3.05) is 36.5 Å². The average molecular weight is 376 g/mol. The second-order valence-electron chi connectivity index (χ2n) is 6.26. The number of rotatable bonds is 5. The Morgan fingerprint density at radius 3 is 2.25 bits per heavy atom. The molecule has 0 saturated carbocycles. The van der Waals surface area contributed by atoms with Crippen molar-refractivity contribution in [2.24, 2.45) is 0 Å². The molecule has 7 heteroatoms. The minimum atomic E-state index is -0.228. The van der Waals surface area contributed by atoms with Crippen molar-refractivity contribution in [2.45, 2.75) is 0 Å². The SMILES string of the molecule is O=C(Nc1cnc(N2CCOCC2)nc1)c1ccc(Oc2ccccc2)cc1. The van der Waals surface area contributed by atoms with Crippen molar-refractivity contribution in [3.8, 4) is 11.5 Å². The first-order valence-electron chi connectivity index (χ1n) is 9.07. The standard InChI is InChI=1S/C21H20N4O3/c26-20(16-6-8-19(9-7-16)28-18-4-2-1-3-5-18)24-17-14-22-21(23-15-17)25-10-12-27-13-11-25/h1-9,14-15H,10-13H2,(H,24,26). The molecule has 1 N–H and O–H groups in total. The van der Waals surface area contributed by atoms with E-state index < -0.39 is 0 Å². The summed E-state index contributed by atoms with van der Waals surface area (Å²) in [5.74, 6) is 1.83. The molecule has 1 saturated heterocycles. The first kappa shape index (κ1) is 17.9. The quantitative estimate of drug-likeness (QED) is 0.736. The van der Waals surface area contributed by atoms with Crippen LogP contribution in [0.5, 0.6) is 11.5 Å². The highest BCUT2D eigenvalue weighted by Gasteiger charge is 2.14. The van der Waals surface area contributed by atoms with Crippen LogP contribution in [0.25, 0.3) is 0 Å². The van der Waals surface area contributed by atoms with Crippen LogP contribution in [0, 0.1) is 0 Å².